The Bertz CT molecular complexity index is 1270. The van der Waals surface area contributed by atoms with Crippen LogP contribution in [0.5, 0.6) is 0 Å². The van der Waals surface area contributed by atoms with E-state index in [4.69, 9.17) is 18.9 Å². The molecule has 3 heterocycles. The second kappa shape index (κ2) is 20.0. The van der Waals surface area contributed by atoms with Crippen LogP contribution in [0.4, 0.5) is 0 Å². The quantitative estimate of drug-likeness (QED) is 0.0926. The predicted molar refractivity (Wildman–Crippen MR) is 204 cm³/mol. The topological polar surface area (TPSA) is 94.5 Å². The van der Waals surface area contributed by atoms with Crippen LogP contribution in [0.15, 0.2) is 23.3 Å². The highest BCUT2D eigenvalue weighted by atomic mass is 32.1. The molecule has 0 aromatic heterocycles. The van der Waals surface area contributed by atoms with Crippen LogP contribution in [0.2, 0.25) is 0 Å². The SMILES string of the molecule is CCC(CCC1OC(O)(C2=S=C(OC)C3CCCCN3C2=O)C(C)CC1OC)CC(C)=CCC(=O)CCCCC(C)=CC1CCCC(OC)C1. The van der Waals surface area contributed by atoms with Crippen molar-refractivity contribution in [1.82, 2.24) is 4.90 Å². The van der Waals surface area contributed by atoms with Gasteiger partial charge in [-0.3, -0.25) is 9.59 Å². The summed E-state index contributed by atoms with van der Waals surface area (Å²) >= 11 is 0. The van der Waals surface area contributed by atoms with E-state index in [-0.39, 0.29) is 30.1 Å². The summed E-state index contributed by atoms with van der Waals surface area (Å²) < 4.78 is 23.8. The van der Waals surface area contributed by atoms with Crippen LogP contribution in [0.1, 0.15) is 137 Å². The van der Waals surface area contributed by atoms with Gasteiger partial charge in [0.15, 0.2) is 0 Å². The first-order chi connectivity index (χ1) is 24.0. The number of fused-ring (bicyclic) bond motifs is 1. The molecule has 4 aliphatic rings. The highest BCUT2D eigenvalue weighted by Crippen LogP contribution is 2.40. The summed E-state index contributed by atoms with van der Waals surface area (Å²) in [4.78, 5) is 28.7. The van der Waals surface area contributed by atoms with Crippen molar-refractivity contribution in [2.75, 3.05) is 27.9 Å². The molecule has 1 aliphatic carbocycles. The number of nitrogens with zero attached hydrogens (tertiary/aromatic N) is 1. The first kappa shape index (κ1) is 41.1. The summed E-state index contributed by atoms with van der Waals surface area (Å²) in [7, 11) is 6.44. The third kappa shape index (κ3) is 11.0. The number of unbranched alkanes of at least 4 members (excludes halogenated alkanes) is 1. The maximum atomic E-state index is 13.7. The average Bonchev–Trinajstić information content (AvgIpc) is 3.12. The molecule has 9 heteroatoms. The van der Waals surface area contributed by atoms with Gasteiger partial charge < -0.3 is 29.0 Å². The molecule has 0 aromatic rings. The van der Waals surface area contributed by atoms with Gasteiger partial charge in [-0.15, -0.1) is 10.9 Å². The molecular weight excluding hydrogens is 651 g/mol. The fourth-order valence-corrected chi connectivity index (χ4v) is 9.82. The molecule has 0 radical (unpaired) electrons. The van der Waals surface area contributed by atoms with E-state index in [9.17, 15) is 14.7 Å². The molecule has 8 unspecified atom stereocenters. The molecule has 4 rings (SSSR count). The Morgan fingerprint density at radius 1 is 1.06 bits per heavy atom. The number of ketones is 1. The van der Waals surface area contributed by atoms with Crippen LogP contribution in [0, 0.1) is 17.8 Å². The zero-order chi connectivity index (χ0) is 36.3. The van der Waals surface area contributed by atoms with E-state index in [1.54, 1.807) is 14.2 Å². The normalized spacial score (nSPS) is 31.8. The minimum Gasteiger partial charge on any atom is -0.381 e. The molecule has 3 aliphatic heterocycles. The van der Waals surface area contributed by atoms with Crippen molar-refractivity contribution >= 4 is 32.5 Å². The summed E-state index contributed by atoms with van der Waals surface area (Å²) in [6, 6.07) is -0.0511. The van der Waals surface area contributed by atoms with E-state index in [1.807, 2.05) is 18.9 Å². The minimum absolute atomic E-state index is 0.0511. The number of Topliss-reactive ketones (excluding diaryl/α,β-unsaturated/α-hetero) is 1. The van der Waals surface area contributed by atoms with Crippen molar-refractivity contribution in [2.24, 2.45) is 17.8 Å². The van der Waals surface area contributed by atoms with Crippen molar-refractivity contribution in [3.8, 4) is 0 Å². The van der Waals surface area contributed by atoms with Gasteiger partial charge >= 0.3 is 0 Å². The molecule has 8 atom stereocenters. The third-order valence-corrected chi connectivity index (χ3v) is 13.1. The van der Waals surface area contributed by atoms with E-state index in [2.05, 4.69) is 32.9 Å². The molecule has 0 spiro atoms. The summed E-state index contributed by atoms with van der Waals surface area (Å²) in [5.41, 5.74) is 2.70. The Kier molecular flexibility index (Phi) is 16.5. The number of carbonyl (C=O) groups excluding carboxylic acids is 2. The Hall–Kier alpha value is -1.62. The van der Waals surface area contributed by atoms with Gasteiger partial charge in [-0.05, 0) is 109 Å². The van der Waals surface area contributed by atoms with E-state index in [1.165, 1.54) is 41.3 Å². The van der Waals surface area contributed by atoms with Gasteiger partial charge in [-0.2, -0.15) is 0 Å². The number of hydrogen-bond donors (Lipinski definition) is 1. The Balaban J connectivity index is 1.26. The van der Waals surface area contributed by atoms with E-state index in [0.29, 0.717) is 54.4 Å². The van der Waals surface area contributed by atoms with Crippen LogP contribution >= 0.6 is 10.9 Å². The highest BCUT2D eigenvalue weighted by Gasteiger charge is 2.53. The zero-order valence-electron chi connectivity index (χ0n) is 32.2. The lowest BCUT2D eigenvalue weighted by Gasteiger charge is -2.48. The van der Waals surface area contributed by atoms with E-state index in [0.717, 1.165) is 75.7 Å². The van der Waals surface area contributed by atoms with Crippen LogP contribution < -0.4 is 0 Å². The first-order valence-electron chi connectivity index (χ1n) is 19.6. The number of allylic oxidation sites excluding steroid dienone is 4. The van der Waals surface area contributed by atoms with Crippen LogP contribution in [-0.2, 0) is 28.5 Å². The fraction of sp³-hybridized carbons (Fsp3) is 0.805. The number of rotatable bonds is 17. The molecule has 1 saturated carbocycles. The molecule has 2 saturated heterocycles. The maximum Gasteiger partial charge on any atom is 0.266 e. The lowest BCUT2D eigenvalue weighted by Crippen LogP contribution is -2.63. The average molecular weight is 718 g/mol. The van der Waals surface area contributed by atoms with Crippen LogP contribution in [0.3, 0.4) is 0 Å². The summed E-state index contributed by atoms with van der Waals surface area (Å²) in [6.45, 7) is 9.19. The van der Waals surface area contributed by atoms with Crippen molar-refractivity contribution < 1.29 is 33.6 Å². The molecular formula is C41H67NO7S. The number of hydrogen-bond acceptors (Lipinski definition) is 7. The first-order valence-corrected chi connectivity index (χ1v) is 20.4. The van der Waals surface area contributed by atoms with Gasteiger partial charge in [-0.25, -0.2) is 0 Å². The summed E-state index contributed by atoms with van der Waals surface area (Å²) in [5, 5.41) is 12.9. The number of piperidine rings is 1. The second-order valence-corrected chi connectivity index (χ2v) is 16.6. The zero-order valence-corrected chi connectivity index (χ0v) is 33.0. The maximum absolute atomic E-state index is 13.7. The molecule has 0 bridgehead atoms. The van der Waals surface area contributed by atoms with Gasteiger partial charge in [0.1, 0.15) is 15.7 Å². The van der Waals surface area contributed by atoms with Crippen molar-refractivity contribution in [3.63, 3.8) is 0 Å². The standard InChI is InChI=1S/C41H67NO7S/c1-8-31(24-29(3)19-21-33(43)16-10-9-14-28(2)25-32-15-13-17-34(27-32)46-5)20-22-36-37(47-6)26-30(4)41(45,49-36)38-39(44)42-23-12-11-18-35(42)40(48-7)50-38/h19,25,30-32,34-37,45H,8-18,20-24,26-27H2,1-7H3. The summed E-state index contributed by atoms with van der Waals surface area (Å²) in [5.74, 6) is -0.758. The number of aliphatic hydroxyl groups is 1. The van der Waals surface area contributed by atoms with Crippen molar-refractivity contribution in [1.29, 1.82) is 0 Å². The van der Waals surface area contributed by atoms with Gasteiger partial charge in [0.05, 0.1) is 24.4 Å². The molecule has 284 valence electrons. The second-order valence-electron chi connectivity index (χ2n) is 15.6. The van der Waals surface area contributed by atoms with Gasteiger partial charge in [0, 0.05) is 46.6 Å². The van der Waals surface area contributed by atoms with Crippen LogP contribution in [0.25, 0.3) is 0 Å². The number of ether oxygens (including phenoxy) is 4. The number of methoxy groups -OCH3 is 3. The third-order valence-electron chi connectivity index (χ3n) is 11.8. The van der Waals surface area contributed by atoms with Crippen LogP contribution in [-0.4, -0.2) is 89.6 Å². The fourth-order valence-electron chi connectivity index (χ4n) is 8.56. The Morgan fingerprint density at radius 2 is 1.84 bits per heavy atom. The van der Waals surface area contributed by atoms with Crippen molar-refractivity contribution in [3.05, 3.63) is 23.3 Å². The number of amides is 1. The largest absolute Gasteiger partial charge is 0.381 e. The highest BCUT2D eigenvalue weighted by molar-refractivity contribution is 7.99. The minimum atomic E-state index is -1.69. The molecule has 50 heavy (non-hydrogen) atoms. The Morgan fingerprint density at radius 3 is 2.56 bits per heavy atom. The predicted octanol–water partition coefficient (Wildman–Crippen LogP) is 8.01. The molecule has 3 fully saturated rings. The monoisotopic (exact) mass is 717 g/mol. The molecule has 8 nitrogen and oxygen atoms in total. The Labute approximate surface area is 306 Å². The lowest BCUT2D eigenvalue weighted by molar-refractivity contribution is -0.266. The molecule has 1 N–H and O–H groups in total. The summed E-state index contributed by atoms with van der Waals surface area (Å²) in [6.07, 6.45) is 20.6. The lowest BCUT2D eigenvalue weighted by atomic mass is 9.83. The van der Waals surface area contributed by atoms with Gasteiger partial charge in [0.2, 0.25) is 5.79 Å². The van der Waals surface area contributed by atoms with Crippen molar-refractivity contribution in [2.45, 2.75) is 167 Å². The van der Waals surface area contributed by atoms with Gasteiger partial charge in [0.25, 0.3) is 5.91 Å². The van der Waals surface area contributed by atoms with E-state index < -0.39 is 5.79 Å². The molecule has 0 aromatic carbocycles. The van der Waals surface area contributed by atoms with Gasteiger partial charge in [-0.1, -0.05) is 50.0 Å². The van der Waals surface area contributed by atoms with E-state index >= 15 is 0 Å². The smallest absolute Gasteiger partial charge is 0.266 e. The number of carbonyl (C=O) groups is 2. The molecule has 1 amide bonds.